The molecule has 0 radical (unpaired) electrons. The van der Waals surface area contributed by atoms with Gasteiger partial charge in [-0.1, -0.05) is 19.0 Å². The van der Waals surface area contributed by atoms with E-state index in [1.54, 1.807) is 17.1 Å². The van der Waals surface area contributed by atoms with E-state index in [1.165, 1.54) is 0 Å². The monoisotopic (exact) mass is 331 g/mol. The van der Waals surface area contributed by atoms with Gasteiger partial charge < -0.3 is 4.52 Å². The van der Waals surface area contributed by atoms with E-state index >= 15 is 0 Å². The Morgan fingerprint density at radius 3 is 2.75 bits per heavy atom. The third-order valence-electron chi connectivity index (χ3n) is 4.59. The summed E-state index contributed by atoms with van der Waals surface area (Å²) in [5, 5.41) is 4.01. The molecule has 130 valence electrons. The van der Waals surface area contributed by atoms with Crippen LogP contribution in [0.3, 0.4) is 0 Å². The number of piperidine rings is 1. The first kappa shape index (κ1) is 16.8. The Hall–Kier alpha value is -2.02. The maximum Gasteiger partial charge on any atom is 0.256 e. The fourth-order valence-electron chi connectivity index (χ4n) is 3.05. The summed E-state index contributed by atoms with van der Waals surface area (Å²) in [5.41, 5.74) is 0.770. The van der Waals surface area contributed by atoms with Crippen molar-refractivity contribution >= 4 is 0 Å². The van der Waals surface area contributed by atoms with Crippen LogP contribution in [0.5, 0.6) is 0 Å². The van der Waals surface area contributed by atoms with Crippen LogP contribution in [0.15, 0.2) is 21.8 Å². The number of rotatable bonds is 5. The second kappa shape index (κ2) is 7.25. The minimum atomic E-state index is 0.0690. The van der Waals surface area contributed by atoms with E-state index in [1.807, 2.05) is 6.92 Å². The zero-order valence-electron chi connectivity index (χ0n) is 14.6. The lowest BCUT2D eigenvalue weighted by atomic mass is 9.96. The van der Waals surface area contributed by atoms with Crippen LogP contribution in [0.25, 0.3) is 0 Å². The molecular weight excluding hydrogens is 306 g/mol. The van der Waals surface area contributed by atoms with Crippen molar-refractivity contribution in [3.8, 4) is 0 Å². The number of hydrogen-bond donors (Lipinski definition) is 0. The summed E-state index contributed by atoms with van der Waals surface area (Å²) in [5.74, 6) is 2.26. The van der Waals surface area contributed by atoms with Crippen LogP contribution in [0.4, 0.5) is 0 Å². The van der Waals surface area contributed by atoms with Crippen LogP contribution in [0, 0.1) is 12.8 Å². The molecule has 3 rings (SSSR count). The van der Waals surface area contributed by atoms with Crippen molar-refractivity contribution in [1.29, 1.82) is 0 Å². The standard InChI is InChI=1S/C17H25N5O2/c1-12(2)16-19-15(24-20-16)10-21-6-4-14(5-7-21)9-22-11-18-8-13(3)17(22)23/h8,11-12,14H,4-7,9-10H2,1-3H3. The molecule has 0 aliphatic carbocycles. The number of aryl methyl sites for hydroxylation is 1. The summed E-state index contributed by atoms with van der Waals surface area (Å²) in [6, 6.07) is 0. The molecule has 1 aliphatic heterocycles. The molecule has 1 aliphatic rings. The average Bonchev–Trinajstić information content (AvgIpc) is 3.02. The third kappa shape index (κ3) is 3.90. The van der Waals surface area contributed by atoms with Crippen molar-refractivity contribution < 1.29 is 4.52 Å². The van der Waals surface area contributed by atoms with Gasteiger partial charge in [0.05, 0.1) is 12.9 Å². The van der Waals surface area contributed by atoms with Crippen LogP contribution in [0.2, 0.25) is 0 Å². The first-order valence-electron chi connectivity index (χ1n) is 8.59. The zero-order chi connectivity index (χ0) is 17.1. The zero-order valence-corrected chi connectivity index (χ0v) is 14.6. The van der Waals surface area contributed by atoms with Crippen LogP contribution < -0.4 is 5.56 Å². The molecule has 0 N–H and O–H groups in total. The molecule has 24 heavy (non-hydrogen) atoms. The van der Waals surface area contributed by atoms with Gasteiger partial charge in [0.15, 0.2) is 5.82 Å². The summed E-state index contributed by atoms with van der Waals surface area (Å²) in [6.07, 6.45) is 5.39. The van der Waals surface area contributed by atoms with Crippen LogP contribution >= 0.6 is 0 Å². The summed E-state index contributed by atoms with van der Waals surface area (Å²) >= 11 is 0. The summed E-state index contributed by atoms with van der Waals surface area (Å²) in [6.45, 7) is 9.35. The van der Waals surface area contributed by atoms with Gasteiger partial charge in [0.1, 0.15) is 0 Å². The Kier molecular flexibility index (Phi) is 5.08. The van der Waals surface area contributed by atoms with E-state index in [-0.39, 0.29) is 11.5 Å². The molecule has 0 spiro atoms. The lowest BCUT2D eigenvalue weighted by Crippen LogP contribution is -2.36. The Morgan fingerprint density at radius 2 is 2.08 bits per heavy atom. The third-order valence-corrected chi connectivity index (χ3v) is 4.59. The number of nitrogens with zero attached hydrogens (tertiary/aromatic N) is 5. The Labute approximate surface area is 141 Å². The highest BCUT2D eigenvalue weighted by Gasteiger charge is 2.22. The van der Waals surface area contributed by atoms with Crippen molar-refractivity contribution in [1.82, 2.24) is 24.6 Å². The normalized spacial score (nSPS) is 16.8. The molecule has 1 fully saturated rings. The molecule has 0 saturated carbocycles. The molecule has 3 heterocycles. The van der Waals surface area contributed by atoms with Crippen LogP contribution in [-0.4, -0.2) is 37.7 Å². The summed E-state index contributed by atoms with van der Waals surface area (Å²) < 4.78 is 7.06. The van der Waals surface area contributed by atoms with E-state index in [4.69, 9.17) is 4.52 Å². The van der Waals surface area contributed by atoms with Gasteiger partial charge in [0.2, 0.25) is 5.89 Å². The number of hydrogen-bond acceptors (Lipinski definition) is 6. The van der Waals surface area contributed by atoms with Gasteiger partial charge in [-0.05, 0) is 38.8 Å². The lowest BCUT2D eigenvalue weighted by molar-refractivity contribution is 0.150. The first-order valence-corrected chi connectivity index (χ1v) is 8.59. The molecule has 0 atom stereocenters. The highest BCUT2D eigenvalue weighted by atomic mass is 16.5. The van der Waals surface area contributed by atoms with E-state index in [9.17, 15) is 4.79 Å². The van der Waals surface area contributed by atoms with Crippen LogP contribution in [-0.2, 0) is 13.1 Å². The Balaban J connectivity index is 1.52. The number of likely N-dealkylation sites (tertiary alicyclic amines) is 1. The Bertz CT molecular complexity index is 729. The van der Waals surface area contributed by atoms with Gasteiger partial charge in [-0.25, -0.2) is 4.98 Å². The predicted octanol–water partition coefficient (Wildman–Crippen LogP) is 1.97. The molecule has 7 nitrogen and oxygen atoms in total. The van der Waals surface area contributed by atoms with Crippen molar-refractivity contribution in [2.75, 3.05) is 13.1 Å². The molecule has 2 aromatic heterocycles. The molecule has 7 heteroatoms. The van der Waals surface area contributed by atoms with Gasteiger partial charge >= 0.3 is 0 Å². The Morgan fingerprint density at radius 1 is 1.33 bits per heavy atom. The molecule has 0 amide bonds. The van der Waals surface area contributed by atoms with Gasteiger partial charge in [0, 0.05) is 24.2 Å². The summed E-state index contributed by atoms with van der Waals surface area (Å²) in [4.78, 5) is 23.0. The predicted molar refractivity (Wildman–Crippen MR) is 89.6 cm³/mol. The van der Waals surface area contributed by atoms with Gasteiger partial charge in [-0.15, -0.1) is 0 Å². The largest absolute Gasteiger partial charge is 0.338 e. The molecule has 0 aromatic carbocycles. The smallest absolute Gasteiger partial charge is 0.256 e. The number of aromatic nitrogens is 4. The SMILES string of the molecule is Cc1cncn(CC2CCN(Cc3nc(C(C)C)no3)CC2)c1=O. The lowest BCUT2D eigenvalue weighted by Gasteiger charge is -2.31. The maximum absolute atomic E-state index is 12.1. The van der Waals surface area contributed by atoms with Crippen molar-refractivity contribution in [2.45, 2.75) is 52.6 Å². The fraction of sp³-hybridized carbons (Fsp3) is 0.647. The van der Waals surface area contributed by atoms with E-state index in [2.05, 4.69) is 33.9 Å². The second-order valence-electron chi connectivity index (χ2n) is 6.95. The van der Waals surface area contributed by atoms with Crippen molar-refractivity contribution in [3.63, 3.8) is 0 Å². The molecule has 1 saturated heterocycles. The van der Waals surface area contributed by atoms with Crippen molar-refractivity contribution in [2.24, 2.45) is 5.92 Å². The topological polar surface area (TPSA) is 77.1 Å². The minimum absolute atomic E-state index is 0.0690. The van der Waals surface area contributed by atoms with E-state index in [0.29, 0.717) is 23.9 Å². The maximum atomic E-state index is 12.1. The van der Waals surface area contributed by atoms with Gasteiger partial charge in [-0.2, -0.15) is 4.98 Å². The van der Waals surface area contributed by atoms with E-state index in [0.717, 1.165) is 38.3 Å². The fourth-order valence-corrected chi connectivity index (χ4v) is 3.05. The minimum Gasteiger partial charge on any atom is -0.338 e. The highest BCUT2D eigenvalue weighted by Crippen LogP contribution is 2.20. The van der Waals surface area contributed by atoms with Crippen molar-refractivity contribution in [3.05, 3.63) is 40.2 Å². The average molecular weight is 331 g/mol. The van der Waals surface area contributed by atoms with Gasteiger partial charge in [0.25, 0.3) is 5.56 Å². The van der Waals surface area contributed by atoms with Crippen LogP contribution in [0.1, 0.15) is 49.9 Å². The first-order chi connectivity index (χ1) is 11.5. The summed E-state index contributed by atoms with van der Waals surface area (Å²) in [7, 11) is 0. The highest BCUT2D eigenvalue weighted by molar-refractivity contribution is 5.00. The molecule has 0 unspecified atom stereocenters. The molecular formula is C17H25N5O2. The molecule has 2 aromatic rings. The van der Waals surface area contributed by atoms with Gasteiger partial charge in [-0.3, -0.25) is 14.3 Å². The molecule has 0 bridgehead atoms. The second-order valence-corrected chi connectivity index (χ2v) is 6.95. The quantitative estimate of drug-likeness (QED) is 0.833. The van der Waals surface area contributed by atoms with E-state index < -0.39 is 0 Å².